The Morgan fingerprint density at radius 1 is 1.45 bits per heavy atom. The van der Waals surface area contributed by atoms with E-state index in [9.17, 15) is 14.4 Å². The van der Waals surface area contributed by atoms with Crippen molar-refractivity contribution in [1.82, 2.24) is 5.32 Å². The van der Waals surface area contributed by atoms with E-state index in [1.165, 1.54) is 6.07 Å². The van der Waals surface area contributed by atoms with E-state index in [1.807, 2.05) is 0 Å². The molecule has 0 bridgehead atoms. The smallest absolute Gasteiger partial charge is 0.323 e. The molecule has 2 rings (SSSR count). The van der Waals surface area contributed by atoms with Gasteiger partial charge in [-0.1, -0.05) is 17.7 Å². The van der Waals surface area contributed by atoms with Crippen molar-refractivity contribution in [3.05, 3.63) is 29.3 Å². The Balaban J connectivity index is 2.25. The van der Waals surface area contributed by atoms with Gasteiger partial charge in [-0.25, -0.2) is 0 Å². The predicted octanol–water partition coefficient (Wildman–Crippen LogP) is 1.04. The first-order valence-corrected chi connectivity index (χ1v) is 6.43. The summed E-state index contributed by atoms with van der Waals surface area (Å²) in [6.45, 7) is -0.481. The molecule has 0 aliphatic carbocycles. The minimum atomic E-state index is -1.14. The van der Waals surface area contributed by atoms with Gasteiger partial charge in [0.25, 0.3) is 0 Å². The van der Waals surface area contributed by atoms with E-state index in [-0.39, 0.29) is 12.3 Å². The van der Waals surface area contributed by atoms with Gasteiger partial charge in [0, 0.05) is 17.1 Å². The first-order valence-electron chi connectivity index (χ1n) is 6.05. The number of carbonyl (C=O) groups is 3. The molecule has 1 fully saturated rings. The van der Waals surface area contributed by atoms with Crippen molar-refractivity contribution in [1.29, 1.82) is 0 Å². The predicted molar refractivity (Wildman–Crippen MR) is 72.6 cm³/mol. The van der Waals surface area contributed by atoms with E-state index in [1.54, 1.807) is 18.2 Å². The third kappa shape index (κ3) is 3.27. The zero-order chi connectivity index (χ0) is 14.7. The summed E-state index contributed by atoms with van der Waals surface area (Å²) >= 11 is 5.86. The molecule has 1 aliphatic heterocycles. The number of amides is 2. The van der Waals surface area contributed by atoms with Crippen LogP contribution in [-0.2, 0) is 14.4 Å². The molecule has 106 valence electrons. The molecule has 20 heavy (non-hydrogen) atoms. The van der Waals surface area contributed by atoms with Crippen molar-refractivity contribution in [2.75, 3.05) is 11.4 Å². The number of aliphatic carboxylic acids is 1. The number of benzene rings is 1. The van der Waals surface area contributed by atoms with Gasteiger partial charge in [-0.05, 0) is 24.6 Å². The average Bonchev–Trinajstić information content (AvgIpc) is 2.81. The van der Waals surface area contributed by atoms with Crippen LogP contribution in [-0.4, -0.2) is 35.5 Å². The van der Waals surface area contributed by atoms with Gasteiger partial charge < -0.3 is 10.4 Å². The number of nitrogens with one attached hydrogen (secondary N) is 1. The second-order valence-corrected chi connectivity index (χ2v) is 4.89. The van der Waals surface area contributed by atoms with Crippen LogP contribution in [0.15, 0.2) is 24.3 Å². The molecule has 0 radical (unpaired) electrons. The topological polar surface area (TPSA) is 86.7 Å². The minimum Gasteiger partial charge on any atom is -0.480 e. The summed E-state index contributed by atoms with van der Waals surface area (Å²) in [5.41, 5.74) is 0.394. The molecule has 0 spiro atoms. The summed E-state index contributed by atoms with van der Waals surface area (Å²) in [5.74, 6) is -1.78. The highest BCUT2D eigenvalue weighted by Crippen LogP contribution is 2.21. The van der Waals surface area contributed by atoms with Crippen molar-refractivity contribution in [2.24, 2.45) is 0 Å². The van der Waals surface area contributed by atoms with Crippen LogP contribution in [0.1, 0.15) is 12.8 Å². The average molecular weight is 297 g/mol. The first kappa shape index (κ1) is 14.3. The van der Waals surface area contributed by atoms with Crippen molar-refractivity contribution in [3.63, 3.8) is 0 Å². The molecule has 2 amide bonds. The Hall–Kier alpha value is -2.08. The molecule has 1 heterocycles. The van der Waals surface area contributed by atoms with Crippen LogP contribution in [0.4, 0.5) is 5.69 Å². The summed E-state index contributed by atoms with van der Waals surface area (Å²) < 4.78 is 0. The normalized spacial score (nSPS) is 17.6. The van der Waals surface area contributed by atoms with Crippen molar-refractivity contribution < 1.29 is 19.5 Å². The monoisotopic (exact) mass is 296 g/mol. The molecule has 1 atom stereocenters. The lowest BCUT2D eigenvalue weighted by Gasteiger charge is -2.24. The van der Waals surface area contributed by atoms with Gasteiger partial charge in [0.15, 0.2) is 0 Å². The Bertz CT molecular complexity index is 561. The molecular weight excluding hydrogens is 284 g/mol. The van der Waals surface area contributed by atoms with E-state index in [2.05, 4.69) is 5.32 Å². The molecule has 0 saturated carbocycles. The standard InChI is InChI=1S/C13H13ClN2O4/c14-8-2-1-3-9(6-8)16(7-12(18)19)13(20)10-4-5-11(17)15-10/h1-3,6,10H,4-5,7H2,(H,15,17)(H,18,19)/t10-/m0/s1. The molecule has 0 unspecified atom stereocenters. The quantitative estimate of drug-likeness (QED) is 0.869. The highest BCUT2D eigenvalue weighted by molar-refractivity contribution is 6.31. The number of halogens is 1. The van der Waals surface area contributed by atoms with Crippen LogP contribution in [0, 0.1) is 0 Å². The molecular formula is C13H13ClN2O4. The van der Waals surface area contributed by atoms with Crippen LogP contribution in [0.25, 0.3) is 0 Å². The summed E-state index contributed by atoms with van der Waals surface area (Å²) in [4.78, 5) is 35.6. The van der Waals surface area contributed by atoms with Crippen molar-refractivity contribution in [2.45, 2.75) is 18.9 Å². The summed E-state index contributed by atoms with van der Waals surface area (Å²) in [5, 5.41) is 11.9. The first-order chi connectivity index (χ1) is 9.47. The Morgan fingerprint density at radius 3 is 2.75 bits per heavy atom. The third-order valence-corrected chi connectivity index (χ3v) is 3.21. The maximum atomic E-state index is 12.3. The molecule has 2 N–H and O–H groups in total. The Kier molecular flexibility index (Phi) is 4.24. The van der Waals surface area contributed by atoms with Crippen LogP contribution < -0.4 is 10.2 Å². The van der Waals surface area contributed by atoms with E-state index in [0.29, 0.717) is 17.1 Å². The summed E-state index contributed by atoms with van der Waals surface area (Å²) in [6.07, 6.45) is 0.640. The second kappa shape index (κ2) is 5.92. The molecule has 6 nitrogen and oxygen atoms in total. The lowest BCUT2D eigenvalue weighted by molar-refractivity contribution is -0.136. The van der Waals surface area contributed by atoms with Gasteiger partial charge in [-0.2, -0.15) is 0 Å². The number of anilines is 1. The molecule has 1 aliphatic rings. The van der Waals surface area contributed by atoms with E-state index in [4.69, 9.17) is 16.7 Å². The van der Waals surface area contributed by atoms with Gasteiger partial charge in [0.1, 0.15) is 12.6 Å². The fourth-order valence-electron chi connectivity index (χ4n) is 2.06. The van der Waals surface area contributed by atoms with Crippen molar-refractivity contribution >= 4 is 35.1 Å². The van der Waals surface area contributed by atoms with Gasteiger partial charge in [0.2, 0.25) is 11.8 Å². The van der Waals surface area contributed by atoms with Gasteiger partial charge in [-0.3, -0.25) is 19.3 Å². The molecule has 0 aromatic heterocycles. The Morgan fingerprint density at radius 2 is 2.20 bits per heavy atom. The fourth-order valence-corrected chi connectivity index (χ4v) is 2.25. The second-order valence-electron chi connectivity index (χ2n) is 4.46. The van der Waals surface area contributed by atoms with Gasteiger partial charge in [0.05, 0.1) is 0 Å². The highest BCUT2D eigenvalue weighted by Gasteiger charge is 2.32. The van der Waals surface area contributed by atoms with Crippen LogP contribution in [0.3, 0.4) is 0 Å². The Labute approximate surface area is 120 Å². The number of rotatable bonds is 4. The number of carboxylic acid groups (broad SMARTS) is 1. The number of carboxylic acids is 1. The summed E-state index contributed by atoms with van der Waals surface area (Å²) in [6, 6.07) is 5.70. The minimum absolute atomic E-state index is 0.204. The summed E-state index contributed by atoms with van der Waals surface area (Å²) in [7, 11) is 0. The highest BCUT2D eigenvalue weighted by atomic mass is 35.5. The van der Waals surface area contributed by atoms with E-state index < -0.39 is 24.5 Å². The van der Waals surface area contributed by atoms with Crippen LogP contribution >= 0.6 is 11.6 Å². The SMILES string of the molecule is O=C(O)CN(C(=O)[C@@H]1CCC(=O)N1)c1cccc(Cl)c1. The molecule has 1 aromatic carbocycles. The number of carbonyl (C=O) groups excluding carboxylic acids is 2. The maximum absolute atomic E-state index is 12.3. The van der Waals surface area contributed by atoms with E-state index in [0.717, 1.165) is 4.90 Å². The number of hydrogen-bond acceptors (Lipinski definition) is 3. The zero-order valence-corrected chi connectivity index (χ0v) is 11.3. The van der Waals surface area contributed by atoms with E-state index >= 15 is 0 Å². The molecule has 7 heteroatoms. The lowest BCUT2D eigenvalue weighted by Crippen LogP contribution is -2.46. The number of nitrogens with zero attached hydrogens (tertiary/aromatic N) is 1. The van der Waals surface area contributed by atoms with Crippen LogP contribution in [0.5, 0.6) is 0 Å². The zero-order valence-electron chi connectivity index (χ0n) is 10.5. The maximum Gasteiger partial charge on any atom is 0.323 e. The van der Waals surface area contributed by atoms with Crippen LogP contribution in [0.2, 0.25) is 5.02 Å². The number of hydrogen-bond donors (Lipinski definition) is 2. The fraction of sp³-hybridized carbons (Fsp3) is 0.308. The molecule has 1 aromatic rings. The molecule has 1 saturated heterocycles. The largest absolute Gasteiger partial charge is 0.480 e. The van der Waals surface area contributed by atoms with Gasteiger partial charge in [-0.15, -0.1) is 0 Å². The van der Waals surface area contributed by atoms with Crippen molar-refractivity contribution in [3.8, 4) is 0 Å². The third-order valence-electron chi connectivity index (χ3n) is 2.97. The van der Waals surface area contributed by atoms with Gasteiger partial charge >= 0.3 is 5.97 Å². The lowest BCUT2D eigenvalue weighted by atomic mass is 10.2.